The van der Waals surface area contributed by atoms with Crippen molar-refractivity contribution in [1.82, 2.24) is 19.4 Å². The minimum atomic E-state index is -3.65. The van der Waals surface area contributed by atoms with Gasteiger partial charge < -0.3 is 9.32 Å². The predicted octanol–water partition coefficient (Wildman–Crippen LogP) is 1.99. The molecular weight excluding hydrogens is 380 g/mol. The topological polar surface area (TPSA) is 96.6 Å². The molecular formula is C16H19ClN4O4S. The van der Waals surface area contributed by atoms with Crippen molar-refractivity contribution < 1.29 is 17.6 Å². The molecule has 2 aromatic rings. The number of halogens is 1. The summed E-state index contributed by atoms with van der Waals surface area (Å²) in [5.74, 6) is -0.0247. The number of hydrogen-bond donors (Lipinski definition) is 0. The largest absolute Gasteiger partial charge is 0.417 e. The van der Waals surface area contributed by atoms with Gasteiger partial charge in [-0.05, 0) is 18.2 Å². The van der Waals surface area contributed by atoms with Crippen LogP contribution in [0.3, 0.4) is 0 Å². The zero-order valence-corrected chi connectivity index (χ0v) is 16.0. The van der Waals surface area contributed by atoms with Gasteiger partial charge >= 0.3 is 11.8 Å². The Morgan fingerprint density at radius 1 is 1.19 bits per heavy atom. The first kappa shape index (κ1) is 18.8. The van der Waals surface area contributed by atoms with Crippen LogP contribution in [0.25, 0.3) is 0 Å². The molecule has 0 atom stereocenters. The molecule has 2 heterocycles. The number of carbonyl (C=O) groups excluding carboxylic acids is 1. The number of aromatic nitrogens is 2. The van der Waals surface area contributed by atoms with Crippen LogP contribution in [0.4, 0.5) is 0 Å². The molecule has 26 heavy (non-hydrogen) atoms. The van der Waals surface area contributed by atoms with Crippen molar-refractivity contribution in [2.24, 2.45) is 0 Å². The summed E-state index contributed by atoms with van der Waals surface area (Å²) in [6.07, 6.45) is 0. The molecule has 0 saturated carbocycles. The summed E-state index contributed by atoms with van der Waals surface area (Å²) in [5, 5.41) is 7.99. The monoisotopic (exact) mass is 398 g/mol. The molecule has 0 unspecified atom stereocenters. The summed E-state index contributed by atoms with van der Waals surface area (Å²) < 4.78 is 32.1. The summed E-state index contributed by atoms with van der Waals surface area (Å²) in [6, 6.07) is 6.13. The first-order valence-electron chi connectivity index (χ1n) is 8.17. The fraction of sp³-hybridized carbons (Fsp3) is 0.438. The van der Waals surface area contributed by atoms with E-state index in [1.165, 1.54) is 21.3 Å². The maximum absolute atomic E-state index is 12.7. The van der Waals surface area contributed by atoms with Crippen molar-refractivity contribution in [2.75, 3.05) is 26.2 Å². The van der Waals surface area contributed by atoms with Crippen LogP contribution >= 0.6 is 11.6 Å². The highest BCUT2D eigenvalue weighted by Crippen LogP contribution is 2.21. The summed E-state index contributed by atoms with van der Waals surface area (Å²) in [6.45, 7) is 4.65. The maximum Gasteiger partial charge on any atom is 0.311 e. The van der Waals surface area contributed by atoms with Crippen molar-refractivity contribution in [1.29, 1.82) is 0 Å². The number of amides is 1. The Morgan fingerprint density at radius 2 is 1.88 bits per heavy atom. The van der Waals surface area contributed by atoms with E-state index in [-0.39, 0.29) is 48.8 Å². The van der Waals surface area contributed by atoms with E-state index in [0.29, 0.717) is 10.9 Å². The van der Waals surface area contributed by atoms with E-state index in [4.69, 9.17) is 16.0 Å². The standard InChI is InChI=1S/C16H19ClN4O4S/c1-11(2)14-18-19-15(25-14)16(22)20-6-8-21(9-7-20)26(23,24)13-5-3-4-12(17)10-13/h3-5,10-11H,6-9H2,1-2H3. The first-order valence-corrected chi connectivity index (χ1v) is 9.99. The Balaban J connectivity index is 1.67. The zero-order chi connectivity index (χ0) is 18.9. The number of nitrogens with zero attached hydrogens (tertiary/aromatic N) is 4. The van der Waals surface area contributed by atoms with E-state index in [0.717, 1.165) is 0 Å². The van der Waals surface area contributed by atoms with E-state index in [1.807, 2.05) is 13.8 Å². The number of hydrogen-bond acceptors (Lipinski definition) is 6. The smallest absolute Gasteiger partial charge is 0.311 e. The van der Waals surface area contributed by atoms with Crippen molar-refractivity contribution >= 4 is 27.5 Å². The molecule has 1 fully saturated rings. The lowest BCUT2D eigenvalue weighted by Crippen LogP contribution is -2.50. The molecule has 1 aliphatic heterocycles. The fourth-order valence-electron chi connectivity index (χ4n) is 2.60. The van der Waals surface area contributed by atoms with Crippen LogP contribution in [0.15, 0.2) is 33.6 Å². The average molecular weight is 399 g/mol. The van der Waals surface area contributed by atoms with E-state index < -0.39 is 10.0 Å². The van der Waals surface area contributed by atoms with Gasteiger partial charge in [0, 0.05) is 37.1 Å². The Bertz CT molecular complexity index is 904. The molecule has 0 radical (unpaired) electrons. The van der Waals surface area contributed by atoms with E-state index in [2.05, 4.69) is 10.2 Å². The Hall–Kier alpha value is -1.97. The van der Waals surface area contributed by atoms with Crippen LogP contribution in [0.1, 0.15) is 36.3 Å². The van der Waals surface area contributed by atoms with E-state index in [1.54, 1.807) is 12.1 Å². The van der Waals surface area contributed by atoms with Crippen LogP contribution in [0, 0.1) is 0 Å². The van der Waals surface area contributed by atoms with Gasteiger partial charge in [-0.25, -0.2) is 8.42 Å². The second-order valence-corrected chi connectivity index (χ2v) is 8.63. The third-order valence-electron chi connectivity index (χ3n) is 4.08. The minimum absolute atomic E-state index is 0.0312. The molecule has 1 saturated heterocycles. The molecule has 3 rings (SSSR count). The average Bonchev–Trinajstić information content (AvgIpc) is 3.11. The Kier molecular flexibility index (Phi) is 5.31. The molecule has 10 heteroatoms. The van der Waals surface area contributed by atoms with E-state index in [9.17, 15) is 13.2 Å². The van der Waals surface area contributed by atoms with Gasteiger partial charge in [0.25, 0.3) is 0 Å². The highest BCUT2D eigenvalue weighted by Gasteiger charge is 2.32. The predicted molar refractivity (Wildman–Crippen MR) is 94.5 cm³/mol. The maximum atomic E-state index is 12.7. The van der Waals surface area contributed by atoms with Crippen LogP contribution < -0.4 is 0 Å². The van der Waals surface area contributed by atoms with Crippen LogP contribution in [-0.2, 0) is 10.0 Å². The van der Waals surface area contributed by atoms with Crippen molar-refractivity contribution in [2.45, 2.75) is 24.7 Å². The number of carbonyl (C=O) groups is 1. The van der Waals surface area contributed by atoms with E-state index >= 15 is 0 Å². The molecule has 1 aromatic heterocycles. The van der Waals surface area contributed by atoms with Crippen molar-refractivity contribution in [3.05, 3.63) is 41.1 Å². The Morgan fingerprint density at radius 3 is 2.46 bits per heavy atom. The molecule has 0 aliphatic carbocycles. The third kappa shape index (κ3) is 3.74. The number of benzene rings is 1. The van der Waals surface area contributed by atoms with Gasteiger partial charge in [-0.1, -0.05) is 31.5 Å². The summed E-state index contributed by atoms with van der Waals surface area (Å²) in [4.78, 5) is 14.1. The molecule has 0 spiro atoms. The Labute approximate surface area is 156 Å². The molecule has 0 bridgehead atoms. The number of sulfonamides is 1. The quantitative estimate of drug-likeness (QED) is 0.781. The molecule has 1 amide bonds. The second kappa shape index (κ2) is 7.34. The minimum Gasteiger partial charge on any atom is -0.417 e. The van der Waals surface area contributed by atoms with Crippen LogP contribution in [0.2, 0.25) is 5.02 Å². The molecule has 1 aliphatic rings. The van der Waals surface area contributed by atoms with Gasteiger partial charge in [-0.2, -0.15) is 4.31 Å². The van der Waals surface area contributed by atoms with Crippen molar-refractivity contribution in [3.8, 4) is 0 Å². The normalized spacial score (nSPS) is 16.2. The number of piperazine rings is 1. The van der Waals surface area contributed by atoms with Gasteiger partial charge in [-0.3, -0.25) is 4.79 Å². The highest BCUT2D eigenvalue weighted by molar-refractivity contribution is 7.89. The zero-order valence-electron chi connectivity index (χ0n) is 14.4. The molecule has 8 nitrogen and oxygen atoms in total. The van der Waals surface area contributed by atoms with Gasteiger partial charge in [0.2, 0.25) is 15.9 Å². The molecule has 1 aromatic carbocycles. The lowest BCUT2D eigenvalue weighted by molar-refractivity contribution is 0.0655. The molecule has 140 valence electrons. The van der Waals surface area contributed by atoms with Crippen molar-refractivity contribution in [3.63, 3.8) is 0 Å². The second-order valence-electron chi connectivity index (χ2n) is 6.25. The van der Waals surface area contributed by atoms with Crippen LogP contribution in [0.5, 0.6) is 0 Å². The molecule has 0 N–H and O–H groups in total. The SMILES string of the molecule is CC(C)c1nnc(C(=O)N2CCN(S(=O)(=O)c3cccc(Cl)c3)CC2)o1. The van der Waals surface area contributed by atoms with Crippen LogP contribution in [-0.4, -0.2) is 59.9 Å². The number of rotatable bonds is 4. The van der Waals surface area contributed by atoms with Gasteiger partial charge in [0.15, 0.2) is 0 Å². The lowest BCUT2D eigenvalue weighted by Gasteiger charge is -2.33. The van der Waals surface area contributed by atoms with Gasteiger partial charge in [0.1, 0.15) is 0 Å². The summed E-state index contributed by atoms with van der Waals surface area (Å²) in [7, 11) is -3.65. The lowest BCUT2D eigenvalue weighted by atomic mass is 10.2. The first-order chi connectivity index (χ1) is 12.3. The highest BCUT2D eigenvalue weighted by atomic mass is 35.5. The third-order valence-corrected chi connectivity index (χ3v) is 6.21. The summed E-state index contributed by atoms with van der Waals surface area (Å²) >= 11 is 5.89. The van der Waals surface area contributed by atoms with Gasteiger partial charge in [-0.15, -0.1) is 10.2 Å². The van der Waals surface area contributed by atoms with Gasteiger partial charge in [0.05, 0.1) is 4.90 Å². The fourth-order valence-corrected chi connectivity index (χ4v) is 4.32. The summed E-state index contributed by atoms with van der Waals surface area (Å²) in [5.41, 5.74) is 0.